The third-order valence-electron chi connectivity index (χ3n) is 2.24. The fraction of sp³-hybridized carbons (Fsp3) is 0.700. The first-order chi connectivity index (χ1) is 7.66. The molecule has 0 saturated heterocycles. The van der Waals surface area contributed by atoms with Gasteiger partial charge in [-0.15, -0.1) is 0 Å². The van der Waals surface area contributed by atoms with Crippen LogP contribution in [0.15, 0.2) is 11.2 Å². The maximum absolute atomic E-state index is 12.1. The van der Waals surface area contributed by atoms with Crippen LogP contribution in [0.4, 0.5) is 0 Å². The molecule has 0 aromatic carbocycles. The summed E-state index contributed by atoms with van der Waals surface area (Å²) in [6, 6.07) is 0. The van der Waals surface area contributed by atoms with E-state index in [2.05, 4.69) is 9.97 Å². The molecule has 0 aliphatic heterocycles. The van der Waals surface area contributed by atoms with E-state index < -0.39 is 15.6 Å². The lowest BCUT2D eigenvalue weighted by Gasteiger charge is -2.24. The van der Waals surface area contributed by atoms with Crippen molar-refractivity contribution < 1.29 is 13.5 Å². The van der Waals surface area contributed by atoms with E-state index in [0.717, 1.165) is 4.31 Å². The van der Waals surface area contributed by atoms with Crippen molar-refractivity contribution in [2.75, 3.05) is 13.6 Å². The molecule has 0 unspecified atom stereocenters. The molecule has 17 heavy (non-hydrogen) atoms. The van der Waals surface area contributed by atoms with Gasteiger partial charge >= 0.3 is 0 Å². The molecule has 2 N–H and O–H groups in total. The van der Waals surface area contributed by atoms with Crippen molar-refractivity contribution in [1.82, 2.24) is 14.3 Å². The Balaban J connectivity index is 2.95. The standard InChI is InChI=1S/C10H19N3O3S/c1-5-8-11-6-9(12-8)17(15,16)13(4)7-10(2,3)14/h6,14H,5,7H2,1-4H3,(H,11,12). The van der Waals surface area contributed by atoms with Crippen molar-refractivity contribution in [3.8, 4) is 0 Å². The van der Waals surface area contributed by atoms with Crippen molar-refractivity contribution in [2.45, 2.75) is 37.8 Å². The van der Waals surface area contributed by atoms with E-state index in [4.69, 9.17) is 0 Å². The van der Waals surface area contributed by atoms with E-state index in [1.807, 2.05) is 6.92 Å². The van der Waals surface area contributed by atoms with Crippen LogP contribution in [0.2, 0.25) is 0 Å². The van der Waals surface area contributed by atoms with Crippen LogP contribution in [0.1, 0.15) is 26.6 Å². The number of H-pyrrole nitrogens is 1. The Morgan fingerprint density at radius 3 is 2.53 bits per heavy atom. The molecule has 1 aromatic heterocycles. The first-order valence-electron chi connectivity index (χ1n) is 5.39. The number of nitrogens with zero attached hydrogens (tertiary/aromatic N) is 2. The number of rotatable bonds is 5. The summed E-state index contributed by atoms with van der Waals surface area (Å²) in [5.41, 5.74) is -1.07. The van der Waals surface area contributed by atoms with Crippen LogP contribution in [0.3, 0.4) is 0 Å². The number of likely N-dealkylation sites (N-methyl/N-ethyl adjacent to an activating group) is 1. The summed E-state index contributed by atoms with van der Waals surface area (Å²) in [7, 11) is -2.18. The highest BCUT2D eigenvalue weighted by Crippen LogP contribution is 2.15. The molecule has 98 valence electrons. The van der Waals surface area contributed by atoms with Gasteiger partial charge in [0.15, 0.2) is 5.03 Å². The van der Waals surface area contributed by atoms with Gasteiger partial charge in [0, 0.05) is 20.0 Å². The molecule has 0 amide bonds. The molecule has 0 aliphatic carbocycles. The van der Waals surface area contributed by atoms with E-state index in [9.17, 15) is 13.5 Å². The number of aliphatic hydroxyl groups is 1. The predicted molar refractivity (Wildman–Crippen MR) is 64.1 cm³/mol. The summed E-state index contributed by atoms with van der Waals surface area (Å²) >= 11 is 0. The molecule has 1 heterocycles. The summed E-state index contributed by atoms with van der Waals surface area (Å²) in [5, 5.41) is 9.67. The second-order valence-electron chi connectivity index (χ2n) is 4.62. The van der Waals surface area contributed by atoms with Crippen LogP contribution in [-0.4, -0.2) is 47.0 Å². The lowest BCUT2D eigenvalue weighted by Crippen LogP contribution is -2.39. The molecule has 0 atom stereocenters. The van der Waals surface area contributed by atoms with Gasteiger partial charge in [0.25, 0.3) is 10.0 Å². The SMILES string of the molecule is CCc1ncc(S(=O)(=O)N(C)CC(C)(C)O)[nH]1. The van der Waals surface area contributed by atoms with Crippen LogP contribution in [0.25, 0.3) is 0 Å². The summed E-state index contributed by atoms with van der Waals surface area (Å²) in [5.74, 6) is 0.625. The first-order valence-corrected chi connectivity index (χ1v) is 6.83. The maximum atomic E-state index is 12.1. The third-order valence-corrected chi connectivity index (χ3v) is 3.95. The van der Waals surface area contributed by atoms with E-state index in [1.165, 1.54) is 13.2 Å². The smallest absolute Gasteiger partial charge is 0.259 e. The number of aryl methyl sites for hydroxylation is 1. The highest BCUT2D eigenvalue weighted by Gasteiger charge is 2.27. The molecule has 1 rings (SSSR count). The number of aromatic nitrogens is 2. The lowest BCUT2D eigenvalue weighted by atomic mass is 10.1. The van der Waals surface area contributed by atoms with Gasteiger partial charge in [-0.05, 0) is 13.8 Å². The summed E-state index contributed by atoms with van der Waals surface area (Å²) in [6.45, 7) is 5.03. The van der Waals surface area contributed by atoms with Crippen molar-refractivity contribution in [1.29, 1.82) is 0 Å². The van der Waals surface area contributed by atoms with Gasteiger partial charge in [-0.2, -0.15) is 4.31 Å². The van der Waals surface area contributed by atoms with Crippen LogP contribution in [0, 0.1) is 0 Å². The Hall–Kier alpha value is -0.920. The number of hydrogen-bond donors (Lipinski definition) is 2. The molecule has 1 aromatic rings. The quantitative estimate of drug-likeness (QED) is 0.801. The number of aromatic amines is 1. The number of sulfonamides is 1. The zero-order chi connectivity index (χ0) is 13.3. The average Bonchev–Trinajstić information content (AvgIpc) is 2.63. The summed E-state index contributed by atoms with van der Waals surface area (Å²) in [4.78, 5) is 6.70. The van der Waals surface area contributed by atoms with Crippen molar-refractivity contribution in [2.24, 2.45) is 0 Å². The molecule has 6 nitrogen and oxygen atoms in total. The highest BCUT2D eigenvalue weighted by molar-refractivity contribution is 7.89. The molecule has 0 aliphatic rings. The Morgan fingerprint density at radius 1 is 1.53 bits per heavy atom. The topological polar surface area (TPSA) is 86.3 Å². The van der Waals surface area contributed by atoms with E-state index in [-0.39, 0.29) is 11.6 Å². The van der Waals surface area contributed by atoms with Gasteiger partial charge in [-0.3, -0.25) is 0 Å². The Kier molecular flexibility index (Phi) is 3.95. The maximum Gasteiger partial charge on any atom is 0.259 e. The second-order valence-corrected chi connectivity index (χ2v) is 6.63. The van der Waals surface area contributed by atoms with Crippen molar-refractivity contribution in [3.05, 3.63) is 12.0 Å². The Morgan fingerprint density at radius 2 is 2.12 bits per heavy atom. The molecule has 0 saturated carbocycles. The van der Waals surface area contributed by atoms with E-state index >= 15 is 0 Å². The van der Waals surface area contributed by atoms with Crippen LogP contribution >= 0.6 is 0 Å². The zero-order valence-electron chi connectivity index (χ0n) is 10.6. The van der Waals surface area contributed by atoms with E-state index in [1.54, 1.807) is 13.8 Å². The predicted octanol–water partition coefficient (Wildman–Crippen LogP) is 0.364. The molecular formula is C10H19N3O3S. The fourth-order valence-corrected chi connectivity index (χ4v) is 2.71. The second kappa shape index (κ2) is 4.75. The molecular weight excluding hydrogens is 242 g/mol. The van der Waals surface area contributed by atoms with Crippen molar-refractivity contribution >= 4 is 10.0 Å². The first kappa shape index (κ1) is 14.1. The minimum atomic E-state index is -3.61. The third kappa shape index (κ3) is 3.52. The summed E-state index contributed by atoms with van der Waals surface area (Å²) < 4.78 is 25.3. The van der Waals surface area contributed by atoms with Gasteiger partial charge in [-0.1, -0.05) is 6.92 Å². The summed E-state index contributed by atoms with van der Waals surface area (Å²) in [6.07, 6.45) is 1.94. The number of hydrogen-bond acceptors (Lipinski definition) is 4. The normalized spacial score (nSPS) is 13.3. The molecule has 0 fully saturated rings. The minimum Gasteiger partial charge on any atom is -0.389 e. The minimum absolute atomic E-state index is 0.0236. The number of imidazole rings is 1. The molecule has 7 heteroatoms. The molecule has 0 spiro atoms. The zero-order valence-corrected chi connectivity index (χ0v) is 11.4. The van der Waals surface area contributed by atoms with Gasteiger partial charge < -0.3 is 10.1 Å². The highest BCUT2D eigenvalue weighted by atomic mass is 32.2. The monoisotopic (exact) mass is 261 g/mol. The van der Waals surface area contributed by atoms with E-state index in [0.29, 0.717) is 12.2 Å². The van der Waals surface area contributed by atoms with Gasteiger partial charge in [0.1, 0.15) is 5.82 Å². The van der Waals surface area contributed by atoms with Gasteiger partial charge in [-0.25, -0.2) is 13.4 Å². The average molecular weight is 261 g/mol. The van der Waals surface area contributed by atoms with Crippen LogP contribution in [0.5, 0.6) is 0 Å². The van der Waals surface area contributed by atoms with Crippen LogP contribution in [-0.2, 0) is 16.4 Å². The van der Waals surface area contributed by atoms with Crippen LogP contribution < -0.4 is 0 Å². The Labute approximate surface area is 102 Å². The molecule has 0 radical (unpaired) electrons. The van der Waals surface area contributed by atoms with Gasteiger partial charge in [0.05, 0.1) is 11.8 Å². The Bertz CT molecular complexity index is 473. The number of nitrogens with one attached hydrogen (secondary N) is 1. The van der Waals surface area contributed by atoms with Gasteiger partial charge in [0.2, 0.25) is 0 Å². The molecule has 0 bridgehead atoms. The largest absolute Gasteiger partial charge is 0.389 e. The lowest BCUT2D eigenvalue weighted by molar-refractivity contribution is 0.0639. The fourth-order valence-electron chi connectivity index (χ4n) is 1.45. The van der Waals surface area contributed by atoms with Crippen molar-refractivity contribution in [3.63, 3.8) is 0 Å².